The van der Waals surface area contributed by atoms with Crippen LogP contribution >= 0.6 is 0 Å². The minimum atomic E-state index is -0.0545. The molecule has 0 spiro atoms. The number of rotatable bonds is 3. The smallest absolute Gasteiger partial charge is 0.258 e. The van der Waals surface area contributed by atoms with Gasteiger partial charge in [0.25, 0.3) is 5.56 Å². The lowest BCUT2D eigenvalue weighted by atomic mass is 10.3. The van der Waals surface area contributed by atoms with E-state index in [1.165, 1.54) is 4.40 Å². The van der Waals surface area contributed by atoms with E-state index in [0.717, 1.165) is 5.69 Å². The molecule has 1 N–H and O–H groups in total. The molecule has 0 aliphatic rings. The van der Waals surface area contributed by atoms with Crippen LogP contribution in [0.3, 0.4) is 0 Å². The van der Waals surface area contributed by atoms with Crippen LogP contribution in [-0.4, -0.2) is 28.5 Å². The Balaban J connectivity index is 2.38. The molecule has 0 aliphatic carbocycles. The first-order chi connectivity index (χ1) is 7.66. The van der Waals surface area contributed by atoms with Crippen molar-refractivity contribution in [2.24, 2.45) is 0 Å². The van der Waals surface area contributed by atoms with E-state index in [2.05, 4.69) is 10.4 Å². The van der Waals surface area contributed by atoms with Crippen LogP contribution in [0.4, 0.5) is 0 Å². The van der Waals surface area contributed by atoms with Crippen molar-refractivity contribution in [3.05, 3.63) is 46.5 Å². The molecule has 0 atom stereocenters. The van der Waals surface area contributed by atoms with E-state index in [0.29, 0.717) is 12.2 Å². The summed E-state index contributed by atoms with van der Waals surface area (Å²) >= 11 is 0. The number of aromatic nitrogens is 2. The van der Waals surface area contributed by atoms with Crippen molar-refractivity contribution in [2.75, 3.05) is 14.1 Å². The Morgan fingerprint density at radius 1 is 1.44 bits per heavy atom. The minimum Gasteiger partial charge on any atom is -0.269 e. The fraction of sp³-hybridized carbons (Fsp3) is 0.273. The van der Waals surface area contributed by atoms with Crippen molar-refractivity contribution in [1.29, 1.82) is 0 Å². The van der Waals surface area contributed by atoms with Crippen molar-refractivity contribution in [2.45, 2.75) is 6.54 Å². The highest BCUT2D eigenvalue weighted by Crippen LogP contribution is 1.98. The van der Waals surface area contributed by atoms with Gasteiger partial charge in [0.05, 0.1) is 12.2 Å². The van der Waals surface area contributed by atoms with Crippen LogP contribution < -0.4 is 11.0 Å². The number of nitrogens with one attached hydrogen (secondary N) is 1. The van der Waals surface area contributed by atoms with Crippen molar-refractivity contribution in [1.82, 2.24) is 19.8 Å². The van der Waals surface area contributed by atoms with E-state index in [4.69, 9.17) is 0 Å². The average Bonchev–Trinajstić information content (AvgIpc) is 2.26. The Labute approximate surface area is 93.3 Å². The zero-order valence-corrected chi connectivity index (χ0v) is 9.34. The summed E-state index contributed by atoms with van der Waals surface area (Å²) < 4.78 is 1.53. The number of hydrogen-bond acceptors (Lipinski definition) is 4. The molecule has 0 saturated carbocycles. The molecule has 2 rings (SSSR count). The maximum absolute atomic E-state index is 11.7. The van der Waals surface area contributed by atoms with E-state index >= 15 is 0 Å². The third kappa shape index (κ3) is 2.26. The first-order valence-electron chi connectivity index (χ1n) is 5.05. The van der Waals surface area contributed by atoms with E-state index in [-0.39, 0.29) is 5.56 Å². The Hall–Kier alpha value is -1.72. The summed E-state index contributed by atoms with van der Waals surface area (Å²) in [5, 5.41) is 1.83. The molecule has 0 aromatic carbocycles. The summed E-state index contributed by atoms with van der Waals surface area (Å²) in [6, 6.07) is 7.04. The molecule has 0 radical (unpaired) electrons. The van der Waals surface area contributed by atoms with Gasteiger partial charge in [0.2, 0.25) is 0 Å². The Kier molecular flexibility index (Phi) is 2.98. The highest BCUT2D eigenvalue weighted by molar-refractivity contribution is 5.37. The summed E-state index contributed by atoms with van der Waals surface area (Å²) in [6.45, 7) is 0.549. The molecule has 2 aromatic heterocycles. The summed E-state index contributed by atoms with van der Waals surface area (Å²) in [6.07, 6.45) is 1.72. The van der Waals surface area contributed by atoms with Gasteiger partial charge in [-0.15, -0.1) is 0 Å². The average molecular weight is 218 g/mol. The summed E-state index contributed by atoms with van der Waals surface area (Å²) in [4.78, 5) is 16.1. The molecule has 5 nitrogen and oxygen atoms in total. The normalized spacial score (nSPS) is 11.2. The minimum absolute atomic E-state index is 0.0545. The summed E-state index contributed by atoms with van der Waals surface area (Å²) in [5.41, 5.74) is 4.43. The molecule has 0 unspecified atom stereocenters. The van der Waals surface area contributed by atoms with Gasteiger partial charge in [0.15, 0.2) is 0 Å². The van der Waals surface area contributed by atoms with Gasteiger partial charge in [-0.2, -0.15) is 0 Å². The number of hydrazine groups is 1. The van der Waals surface area contributed by atoms with E-state index in [1.807, 2.05) is 37.3 Å². The number of nitrogens with zero attached hydrogens (tertiary/aromatic N) is 3. The Morgan fingerprint density at radius 3 is 3.00 bits per heavy atom. The Bertz CT molecular complexity index is 547. The zero-order chi connectivity index (χ0) is 11.5. The van der Waals surface area contributed by atoms with Gasteiger partial charge in [-0.25, -0.2) is 10.4 Å². The molecule has 0 amide bonds. The van der Waals surface area contributed by atoms with Crippen LogP contribution in [0, 0.1) is 0 Å². The standard InChI is InChI=1S/C11H14N4O/c1-14(2)12-8-9-7-11(16)15-6-4-3-5-10(15)13-9/h3-7,12H,8H2,1-2H3. The molecule has 0 bridgehead atoms. The van der Waals surface area contributed by atoms with Gasteiger partial charge < -0.3 is 0 Å². The van der Waals surface area contributed by atoms with Gasteiger partial charge in [-0.05, 0) is 12.1 Å². The van der Waals surface area contributed by atoms with Crippen LogP contribution in [0.25, 0.3) is 5.65 Å². The SMILES string of the molecule is CN(C)NCc1cc(=O)n2ccccc2n1. The molecule has 0 saturated heterocycles. The Morgan fingerprint density at radius 2 is 2.25 bits per heavy atom. The lowest BCUT2D eigenvalue weighted by molar-refractivity contribution is 0.284. The van der Waals surface area contributed by atoms with Crippen LogP contribution in [0.1, 0.15) is 5.69 Å². The lowest BCUT2D eigenvalue weighted by Gasteiger charge is -2.11. The fourth-order valence-electron chi connectivity index (χ4n) is 1.43. The van der Waals surface area contributed by atoms with Gasteiger partial charge in [0.1, 0.15) is 5.65 Å². The number of fused-ring (bicyclic) bond motifs is 1. The van der Waals surface area contributed by atoms with Crippen LogP contribution in [0.15, 0.2) is 35.3 Å². The largest absolute Gasteiger partial charge is 0.269 e. The predicted molar refractivity (Wildman–Crippen MR) is 62.0 cm³/mol. The van der Waals surface area contributed by atoms with Crippen LogP contribution in [0.2, 0.25) is 0 Å². The van der Waals surface area contributed by atoms with Crippen molar-refractivity contribution in [3.63, 3.8) is 0 Å². The number of hydrogen-bond donors (Lipinski definition) is 1. The van der Waals surface area contributed by atoms with Gasteiger partial charge >= 0.3 is 0 Å². The van der Waals surface area contributed by atoms with Crippen LogP contribution in [-0.2, 0) is 6.54 Å². The molecule has 5 heteroatoms. The zero-order valence-electron chi connectivity index (χ0n) is 9.34. The first-order valence-corrected chi connectivity index (χ1v) is 5.05. The van der Waals surface area contributed by atoms with Crippen molar-refractivity contribution < 1.29 is 0 Å². The lowest BCUT2D eigenvalue weighted by Crippen LogP contribution is -2.30. The van der Waals surface area contributed by atoms with Gasteiger partial charge in [0, 0.05) is 26.4 Å². The van der Waals surface area contributed by atoms with Crippen LogP contribution in [0.5, 0.6) is 0 Å². The maximum atomic E-state index is 11.7. The second-order valence-corrected chi connectivity index (χ2v) is 3.74. The highest BCUT2D eigenvalue weighted by atomic mass is 16.1. The second kappa shape index (κ2) is 4.42. The van der Waals surface area contributed by atoms with Gasteiger partial charge in [-0.3, -0.25) is 14.2 Å². The monoisotopic (exact) mass is 218 g/mol. The molecular weight excluding hydrogens is 204 g/mol. The molecule has 0 fully saturated rings. The third-order valence-electron chi connectivity index (χ3n) is 2.20. The second-order valence-electron chi connectivity index (χ2n) is 3.74. The summed E-state index contributed by atoms with van der Waals surface area (Å²) in [5.74, 6) is 0. The van der Waals surface area contributed by atoms with E-state index in [1.54, 1.807) is 12.3 Å². The topological polar surface area (TPSA) is 49.6 Å². The van der Waals surface area contributed by atoms with Crippen molar-refractivity contribution in [3.8, 4) is 0 Å². The molecular formula is C11H14N4O. The highest BCUT2D eigenvalue weighted by Gasteiger charge is 2.01. The molecule has 0 aliphatic heterocycles. The summed E-state index contributed by atoms with van der Waals surface area (Å²) in [7, 11) is 3.79. The maximum Gasteiger partial charge on any atom is 0.258 e. The van der Waals surface area contributed by atoms with Gasteiger partial charge in [-0.1, -0.05) is 6.07 Å². The van der Waals surface area contributed by atoms with E-state index < -0.39 is 0 Å². The molecule has 2 aromatic rings. The quantitative estimate of drug-likeness (QED) is 0.751. The third-order valence-corrected chi connectivity index (χ3v) is 2.20. The van der Waals surface area contributed by atoms with Crippen molar-refractivity contribution >= 4 is 5.65 Å². The molecule has 2 heterocycles. The fourth-order valence-corrected chi connectivity index (χ4v) is 1.43. The first kappa shape index (κ1) is 10.8. The molecule has 84 valence electrons. The predicted octanol–water partition coefficient (Wildman–Crippen LogP) is 0.261. The molecule has 16 heavy (non-hydrogen) atoms. The number of pyridine rings is 1. The van der Waals surface area contributed by atoms with E-state index in [9.17, 15) is 4.79 Å².